The molecule has 0 spiro atoms. The van der Waals surface area contributed by atoms with Gasteiger partial charge in [-0.25, -0.2) is 0 Å². The van der Waals surface area contributed by atoms with Crippen molar-refractivity contribution in [1.29, 1.82) is 0 Å². The van der Waals surface area contributed by atoms with E-state index in [2.05, 4.69) is 0 Å². The first-order valence-corrected chi connectivity index (χ1v) is 3.74. The minimum Gasteiger partial charge on any atom is -0.458 e. The first kappa shape index (κ1) is 8.53. The maximum absolute atomic E-state index is 10.9. The molecule has 0 amide bonds. The fourth-order valence-electron chi connectivity index (χ4n) is 1.28. The van der Waals surface area contributed by atoms with Crippen LogP contribution in [0.4, 0.5) is 0 Å². The molecule has 1 heterocycles. The molecule has 0 aromatic rings. The lowest BCUT2D eigenvalue weighted by atomic mass is 9.79. The Balaban J connectivity index is 2.59. The van der Waals surface area contributed by atoms with Crippen LogP contribution in [0.1, 0.15) is 20.8 Å². The number of hydrogen-bond donors (Lipinski definition) is 0. The summed E-state index contributed by atoms with van der Waals surface area (Å²) in [6.45, 7) is 5.65. The van der Waals surface area contributed by atoms with E-state index >= 15 is 0 Å². The van der Waals surface area contributed by atoms with Crippen LogP contribution in [0.3, 0.4) is 0 Å². The summed E-state index contributed by atoms with van der Waals surface area (Å²) >= 11 is 0. The number of ether oxygens (including phenoxy) is 2. The van der Waals surface area contributed by atoms with Gasteiger partial charge in [0.15, 0.2) is 0 Å². The van der Waals surface area contributed by atoms with Gasteiger partial charge >= 0.3 is 5.97 Å². The maximum Gasteiger partial charge on any atom is 0.315 e. The summed E-state index contributed by atoms with van der Waals surface area (Å²) in [5.74, 6) is -0.133. The van der Waals surface area contributed by atoms with E-state index in [9.17, 15) is 4.79 Å². The van der Waals surface area contributed by atoms with Gasteiger partial charge in [-0.2, -0.15) is 0 Å². The second kappa shape index (κ2) is 2.48. The summed E-state index contributed by atoms with van der Waals surface area (Å²) in [6, 6.07) is 0. The molecular weight excluding hydrogens is 144 g/mol. The molecule has 1 saturated heterocycles. The fraction of sp³-hybridized carbons (Fsp3) is 0.875. The molecule has 0 bridgehead atoms. The van der Waals surface area contributed by atoms with E-state index in [1.165, 1.54) is 0 Å². The highest BCUT2D eigenvalue weighted by Crippen LogP contribution is 2.37. The Morgan fingerprint density at radius 3 is 2.45 bits per heavy atom. The van der Waals surface area contributed by atoms with Crippen LogP contribution < -0.4 is 0 Å². The van der Waals surface area contributed by atoms with Crippen molar-refractivity contribution in [3.63, 3.8) is 0 Å². The van der Waals surface area contributed by atoms with Crippen LogP contribution in [0.15, 0.2) is 0 Å². The van der Waals surface area contributed by atoms with Crippen LogP contribution in [0, 0.1) is 5.41 Å². The smallest absolute Gasteiger partial charge is 0.315 e. The molecule has 0 aromatic carbocycles. The molecule has 1 aliphatic heterocycles. The topological polar surface area (TPSA) is 35.5 Å². The highest BCUT2D eigenvalue weighted by molar-refractivity contribution is 5.82. The lowest BCUT2D eigenvalue weighted by Crippen LogP contribution is -2.57. The quantitative estimate of drug-likeness (QED) is 0.562. The predicted octanol–water partition coefficient (Wildman–Crippen LogP) is 0.973. The monoisotopic (exact) mass is 158 g/mol. The van der Waals surface area contributed by atoms with Gasteiger partial charge in [-0.15, -0.1) is 0 Å². The van der Waals surface area contributed by atoms with Crippen LogP contribution in [0.2, 0.25) is 0 Å². The van der Waals surface area contributed by atoms with Crippen LogP contribution in [-0.4, -0.2) is 25.3 Å². The summed E-state index contributed by atoms with van der Waals surface area (Å²) in [6.07, 6.45) is -0.0947. The summed E-state index contributed by atoms with van der Waals surface area (Å²) in [4.78, 5) is 10.9. The normalized spacial score (nSPS) is 30.5. The van der Waals surface area contributed by atoms with E-state index in [1.54, 1.807) is 7.11 Å². The van der Waals surface area contributed by atoms with E-state index < -0.39 is 0 Å². The van der Waals surface area contributed by atoms with Crippen LogP contribution >= 0.6 is 0 Å². The molecule has 1 fully saturated rings. The molecule has 1 aliphatic rings. The molecule has 3 heteroatoms. The molecule has 3 nitrogen and oxygen atoms in total. The zero-order valence-corrected chi connectivity index (χ0v) is 7.38. The predicted molar refractivity (Wildman–Crippen MR) is 40.1 cm³/mol. The Morgan fingerprint density at radius 1 is 1.64 bits per heavy atom. The minimum absolute atomic E-state index is 0.0114. The third-order valence-electron chi connectivity index (χ3n) is 2.27. The van der Waals surface area contributed by atoms with Gasteiger partial charge in [0.05, 0.1) is 6.10 Å². The number of hydrogen-bond acceptors (Lipinski definition) is 3. The molecule has 0 unspecified atom stereocenters. The third kappa shape index (κ3) is 1.13. The highest BCUT2D eigenvalue weighted by atomic mass is 16.6. The molecule has 1 rings (SSSR count). The van der Waals surface area contributed by atoms with Crippen molar-refractivity contribution < 1.29 is 14.3 Å². The average Bonchev–Trinajstić information content (AvgIpc) is 1.98. The van der Waals surface area contributed by atoms with E-state index in [4.69, 9.17) is 9.47 Å². The van der Waals surface area contributed by atoms with Gasteiger partial charge in [-0.3, -0.25) is 4.79 Å². The van der Waals surface area contributed by atoms with E-state index in [0.29, 0.717) is 0 Å². The summed E-state index contributed by atoms with van der Waals surface area (Å²) in [5, 5.41) is 0. The SMILES string of the molecule is CO[C@@H](C)[C@H]1OC(=O)C1(C)C. The number of cyclic esters (lactones) is 1. The Bertz CT molecular complexity index is 174. The standard InChI is InChI=1S/C8H14O3/c1-5(10-4)6-8(2,3)7(9)11-6/h5-6H,1-4H3/t5-,6+/m0/s1. The second-order valence-corrected chi connectivity index (χ2v) is 3.49. The zero-order chi connectivity index (χ0) is 8.65. The molecule has 0 radical (unpaired) electrons. The van der Waals surface area contributed by atoms with Crippen molar-refractivity contribution in [2.24, 2.45) is 5.41 Å². The minimum atomic E-state index is -0.366. The average molecular weight is 158 g/mol. The largest absolute Gasteiger partial charge is 0.458 e. The van der Waals surface area contributed by atoms with Crippen LogP contribution in [0.25, 0.3) is 0 Å². The molecule has 0 aliphatic carbocycles. The number of esters is 1. The van der Waals surface area contributed by atoms with Gasteiger partial charge in [0.1, 0.15) is 11.5 Å². The number of methoxy groups -OCH3 is 1. The Kier molecular flexibility index (Phi) is 1.92. The van der Waals surface area contributed by atoms with E-state index in [-0.39, 0.29) is 23.6 Å². The molecule has 11 heavy (non-hydrogen) atoms. The highest BCUT2D eigenvalue weighted by Gasteiger charge is 2.53. The van der Waals surface area contributed by atoms with Gasteiger partial charge in [0, 0.05) is 7.11 Å². The lowest BCUT2D eigenvalue weighted by Gasteiger charge is -2.44. The summed E-state index contributed by atoms with van der Waals surface area (Å²) < 4.78 is 10.0. The van der Waals surface area contributed by atoms with E-state index in [0.717, 1.165) is 0 Å². The zero-order valence-electron chi connectivity index (χ0n) is 7.38. The lowest BCUT2D eigenvalue weighted by molar-refractivity contribution is -0.217. The molecular formula is C8H14O3. The molecule has 64 valence electrons. The molecule has 0 aromatic heterocycles. The maximum atomic E-state index is 10.9. The summed E-state index contributed by atoms with van der Waals surface area (Å²) in [5.41, 5.74) is -0.366. The Hall–Kier alpha value is -0.570. The Morgan fingerprint density at radius 2 is 2.18 bits per heavy atom. The van der Waals surface area contributed by atoms with Crippen molar-refractivity contribution in [2.45, 2.75) is 33.0 Å². The second-order valence-electron chi connectivity index (χ2n) is 3.49. The van der Waals surface area contributed by atoms with Crippen LogP contribution in [0.5, 0.6) is 0 Å². The first-order chi connectivity index (χ1) is 5.00. The number of rotatable bonds is 2. The number of carbonyl (C=O) groups is 1. The van der Waals surface area contributed by atoms with Crippen molar-refractivity contribution in [3.05, 3.63) is 0 Å². The van der Waals surface area contributed by atoms with Crippen molar-refractivity contribution in [1.82, 2.24) is 0 Å². The fourth-order valence-corrected chi connectivity index (χ4v) is 1.28. The molecule has 2 atom stereocenters. The van der Waals surface area contributed by atoms with Crippen molar-refractivity contribution in [2.75, 3.05) is 7.11 Å². The molecule has 0 N–H and O–H groups in total. The number of carbonyl (C=O) groups excluding carboxylic acids is 1. The van der Waals surface area contributed by atoms with Gasteiger partial charge in [0.2, 0.25) is 0 Å². The van der Waals surface area contributed by atoms with Gasteiger partial charge in [-0.05, 0) is 20.8 Å². The van der Waals surface area contributed by atoms with Gasteiger partial charge in [0.25, 0.3) is 0 Å². The Labute approximate surface area is 66.7 Å². The summed E-state index contributed by atoms with van der Waals surface area (Å²) in [7, 11) is 1.62. The molecule has 0 saturated carbocycles. The van der Waals surface area contributed by atoms with Gasteiger partial charge < -0.3 is 9.47 Å². The van der Waals surface area contributed by atoms with Crippen molar-refractivity contribution >= 4 is 5.97 Å². The van der Waals surface area contributed by atoms with Crippen LogP contribution in [-0.2, 0) is 14.3 Å². The van der Waals surface area contributed by atoms with Crippen molar-refractivity contribution in [3.8, 4) is 0 Å². The van der Waals surface area contributed by atoms with E-state index in [1.807, 2.05) is 20.8 Å². The first-order valence-electron chi connectivity index (χ1n) is 3.74. The third-order valence-corrected chi connectivity index (χ3v) is 2.27. The van der Waals surface area contributed by atoms with Gasteiger partial charge in [-0.1, -0.05) is 0 Å².